The molecule has 3 heterocycles. The maximum atomic E-state index is 13.8. The van der Waals surface area contributed by atoms with E-state index in [1.54, 1.807) is 6.07 Å². The highest BCUT2D eigenvalue weighted by Crippen LogP contribution is 2.33. The van der Waals surface area contributed by atoms with Gasteiger partial charge in [-0.15, -0.1) is 0 Å². The van der Waals surface area contributed by atoms with Crippen molar-refractivity contribution in [2.45, 2.75) is 18.4 Å². The van der Waals surface area contributed by atoms with E-state index in [-0.39, 0.29) is 55.6 Å². The van der Waals surface area contributed by atoms with Gasteiger partial charge in [0, 0.05) is 24.8 Å². The van der Waals surface area contributed by atoms with Gasteiger partial charge in [0.15, 0.2) is 0 Å². The van der Waals surface area contributed by atoms with Crippen LogP contribution < -0.4 is 0 Å². The standard InChI is InChI=1S/C15H16FN3O4S/c16-13-10(2-1-5-17-13)15(23)3-6-18(7-4-15)11(20)8-19-12(21)9-24-14(19)22/h1-2,5,23H,3-4,6-9H2. The number of piperidine rings is 1. The number of hydrogen-bond donors (Lipinski definition) is 1. The summed E-state index contributed by atoms with van der Waals surface area (Å²) in [7, 11) is 0. The number of carbonyl (C=O) groups excluding carboxylic acids is 3. The van der Waals surface area contributed by atoms with Gasteiger partial charge in [0.1, 0.15) is 6.54 Å². The smallest absolute Gasteiger partial charge is 0.289 e. The Morgan fingerprint density at radius 3 is 2.67 bits per heavy atom. The first-order chi connectivity index (χ1) is 11.4. The van der Waals surface area contributed by atoms with Crippen LogP contribution in [0.5, 0.6) is 0 Å². The zero-order valence-electron chi connectivity index (χ0n) is 12.8. The molecule has 2 aliphatic rings. The van der Waals surface area contributed by atoms with Crippen LogP contribution >= 0.6 is 11.8 Å². The molecule has 0 bridgehead atoms. The van der Waals surface area contributed by atoms with E-state index in [9.17, 15) is 23.9 Å². The van der Waals surface area contributed by atoms with Crippen LogP contribution in [0.3, 0.4) is 0 Å². The van der Waals surface area contributed by atoms with E-state index in [0.29, 0.717) is 0 Å². The number of rotatable bonds is 3. The molecule has 9 heteroatoms. The van der Waals surface area contributed by atoms with Crippen LogP contribution in [0.4, 0.5) is 9.18 Å². The lowest BCUT2D eigenvalue weighted by atomic mass is 9.85. The average molecular weight is 353 g/mol. The fourth-order valence-electron chi connectivity index (χ4n) is 2.90. The Balaban J connectivity index is 1.62. The van der Waals surface area contributed by atoms with Gasteiger partial charge in [0.25, 0.3) is 5.24 Å². The number of amides is 3. The summed E-state index contributed by atoms with van der Waals surface area (Å²) in [4.78, 5) is 41.3. The van der Waals surface area contributed by atoms with E-state index in [1.807, 2.05) is 0 Å². The van der Waals surface area contributed by atoms with Gasteiger partial charge < -0.3 is 10.0 Å². The Kier molecular flexibility index (Phi) is 4.55. The Hall–Kier alpha value is -2.00. The van der Waals surface area contributed by atoms with Crippen LogP contribution in [0.15, 0.2) is 18.3 Å². The molecule has 1 aromatic rings. The number of likely N-dealkylation sites (tertiary alicyclic amines) is 1. The van der Waals surface area contributed by atoms with Crippen LogP contribution in [0.25, 0.3) is 0 Å². The summed E-state index contributed by atoms with van der Waals surface area (Å²) in [5.41, 5.74) is -1.25. The SMILES string of the molecule is O=C(CN1C(=O)CSC1=O)N1CCC(O)(c2cccnc2F)CC1. The predicted molar refractivity (Wildman–Crippen MR) is 83.5 cm³/mol. The Bertz CT molecular complexity index is 675. The third-order valence-corrected chi connectivity index (χ3v) is 5.20. The molecule has 0 unspecified atom stereocenters. The van der Waals surface area contributed by atoms with E-state index in [0.717, 1.165) is 16.7 Å². The number of imide groups is 1. The molecule has 1 N–H and O–H groups in total. The predicted octanol–water partition coefficient (Wildman–Crippen LogP) is 0.726. The lowest BCUT2D eigenvalue weighted by molar-refractivity contribution is -0.140. The third kappa shape index (κ3) is 3.13. The molecule has 7 nitrogen and oxygen atoms in total. The molecule has 0 saturated carbocycles. The average Bonchev–Trinajstić information content (AvgIpc) is 2.87. The summed E-state index contributed by atoms with van der Waals surface area (Å²) in [5.74, 6) is -1.38. The second-order valence-corrected chi connectivity index (χ2v) is 6.72. The molecule has 0 aliphatic carbocycles. The maximum absolute atomic E-state index is 13.8. The molecule has 1 aromatic heterocycles. The molecule has 0 spiro atoms. The van der Waals surface area contributed by atoms with Gasteiger partial charge in [-0.05, 0) is 18.9 Å². The van der Waals surface area contributed by atoms with Crippen molar-refractivity contribution in [2.75, 3.05) is 25.4 Å². The minimum atomic E-state index is -1.37. The number of halogens is 1. The van der Waals surface area contributed by atoms with E-state index in [1.165, 1.54) is 17.2 Å². The third-order valence-electron chi connectivity index (χ3n) is 4.34. The monoisotopic (exact) mass is 353 g/mol. The topological polar surface area (TPSA) is 90.8 Å². The second kappa shape index (κ2) is 6.48. The van der Waals surface area contributed by atoms with Crippen molar-refractivity contribution in [2.24, 2.45) is 0 Å². The van der Waals surface area contributed by atoms with Gasteiger partial charge in [-0.2, -0.15) is 4.39 Å². The Labute approximate surface area is 141 Å². The van der Waals surface area contributed by atoms with Crippen molar-refractivity contribution in [3.05, 3.63) is 29.8 Å². The molecule has 2 saturated heterocycles. The second-order valence-electron chi connectivity index (χ2n) is 5.79. The molecule has 0 radical (unpaired) electrons. The summed E-state index contributed by atoms with van der Waals surface area (Å²) < 4.78 is 13.8. The quantitative estimate of drug-likeness (QED) is 0.806. The van der Waals surface area contributed by atoms with Gasteiger partial charge in [0.05, 0.1) is 11.4 Å². The highest BCUT2D eigenvalue weighted by atomic mass is 32.2. The molecular weight excluding hydrogens is 337 g/mol. The fraction of sp³-hybridized carbons (Fsp3) is 0.467. The lowest BCUT2D eigenvalue weighted by Crippen LogP contribution is -2.49. The maximum Gasteiger partial charge on any atom is 0.289 e. The van der Waals surface area contributed by atoms with E-state index in [4.69, 9.17) is 0 Å². The van der Waals surface area contributed by atoms with Crippen LogP contribution in [0.2, 0.25) is 0 Å². The van der Waals surface area contributed by atoms with E-state index < -0.39 is 16.8 Å². The zero-order chi connectivity index (χ0) is 17.3. The first-order valence-corrected chi connectivity index (χ1v) is 8.47. The van der Waals surface area contributed by atoms with Crippen molar-refractivity contribution < 1.29 is 23.9 Å². The number of pyridine rings is 1. The van der Waals surface area contributed by atoms with Gasteiger partial charge in [-0.25, -0.2) is 4.98 Å². The first kappa shape index (κ1) is 16.8. The van der Waals surface area contributed by atoms with Crippen LogP contribution in [-0.4, -0.2) is 62.3 Å². The number of hydrogen-bond acceptors (Lipinski definition) is 6. The number of aromatic nitrogens is 1. The molecule has 128 valence electrons. The summed E-state index contributed by atoms with van der Waals surface area (Å²) in [5, 5.41) is 10.2. The summed E-state index contributed by atoms with van der Waals surface area (Å²) in [6, 6.07) is 3.04. The molecular formula is C15H16FN3O4S. The lowest BCUT2D eigenvalue weighted by Gasteiger charge is -2.38. The highest BCUT2D eigenvalue weighted by molar-refractivity contribution is 8.14. The largest absolute Gasteiger partial charge is 0.385 e. The van der Waals surface area contributed by atoms with E-state index in [2.05, 4.69) is 4.98 Å². The van der Waals surface area contributed by atoms with Crippen molar-refractivity contribution in [3.8, 4) is 0 Å². The van der Waals surface area contributed by atoms with Crippen LogP contribution in [-0.2, 0) is 15.2 Å². The van der Waals surface area contributed by atoms with Crippen molar-refractivity contribution >= 4 is 28.8 Å². The minimum absolute atomic E-state index is 0.0617. The van der Waals surface area contributed by atoms with Crippen molar-refractivity contribution in [1.29, 1.82) is 0 Å². The molecule has 3 amide bonds. The summed E-state index contributed by atoms with van der Waals surface area (Å²) >= 11 is 0.879. The molecule has 0 atom stereocenters. The molecule has 3 rings (SSSR count). The van der Waals surface area contributed by atoms with Gasteiger partial charge >= 0.3 is 0 Å². The molecule has 2 fully saturated rings. The normalized spacial score (nSPS) is 20.6. The number of carbonyl (C=O) groups is 3. The van der Waals surface area contributed by atoms with Gasteiger partial charge in [-0.3, -0.25) is 19.3 Å². The first-order valence-electron chi connectivity index (χ1n) is 7.49. The fourth-order valence-corrected chi connectivity index (χ4v) is 3.62. The number of nitrogens with zero attached hydrogens (tertiary/aromatic N) is 3. The summed E-state index contributed by atoms with van der Waals surface area (Å²) in [6.45, 7) is 0.143. The molecule has 24 heavy (non-hydrogen) atoms. The molecule has 2 aliphatic heterocycles. The van der Waals surface area contributed by atoms with Crippen LogP contribution in [0.1, 0.15) is 18.4 Å². The minimum Gasteiger partial charge on any atom is -0.385 e. The highest BCUT2D eigenvalue weighted by Gasteiger charge is 2.39. The zero-order valence-corrected chi connectivity index (χ0v) is 13.6. The van der Waals surface area contributed by atoms with Crippen LogP contribution in [0, 0.1) is 5.95 Å². The molecule has 0 aromatic carbocycles. The Morgan fingerprint density at radius 2 is 2.08 bits per heavy atom. The van der Waals surface area contributed by atoms with Gasteiger partial charge in [-0.1, -0.05) is 17.8 Å². The van der Waals surface area contributed by atoms with Crippen molar-refractivity contribution in [3.63, 3.8) is 0 Å². The summed E-state index contributed by atoms with van der Waals surface area (Å²) in [6.07, 6.45) is 1.64. The Morgan fingerprint density at radius 1 is 1.38 bits per heavy atom. The van der Waals surface area contributed by atoms with Crippen molar-refractivity contribution in [1.82, 2.24) is 14.8 Å². The number of aliphatic hydroxyl groups is 1. The number of thioether (sulfide) groups is 1. The van der Waals surface area contributed by atoms with E-state index >= 15 is 0 Å². The van der Waals surface area contributed by atoms with Gasteiger partial charge in [0.2, 0.25) is 17.8 Å².